The van der Waals surface area contributed by atoms with Gasteiger partial charge in [-0.15, -0.1) is 0 Å². The Labute approximate surface area is 263 Å². The highest BCUT2D eigenvalue weighted by Gasteiger charge is 2.44. The molecule has 44 heavy (non-hydrogen) atoms. The van der Waals surface area contributed by atoms with Crippen LogP contribution in [0, 0.1) is 0 Å². The minimum atomic E-state index is -0.993. The van der Waals surface area contributed by atoms with Gasteiger partial charge in [0.2, 0.25) is 0 Å². The molecule has 0 spiro atoms. The van der Waals surface area contributed by atoms with Gasteiger partial charge in [0.25, 0.3) is 5.91 Å². The molecule has 1 amide bonds. The summed E-state index contributed by atoms with van der Waals surface area (Å²) in [6.45, 7) is 0. The van der Waals surface area contributed by atoms with Crippen molar-refractivity contribution in [3.63, 3.8) is 0 Å². The lowest BCUT2D eigenvalue weighted by molar-refractivity contribution is -0.131. The predicted molar refractivity (Wildman–Crippen MR) is 173 cm³/mol. The number of aliphatic carboxylic acids is 1. The molecule has 3 heterocycles. The lowest BCUT2D eigenvalue weighted by atomic mass is 9.75. The van der Waals surface area contributed by atoms with Crippen LogP contribution in [-0.2, 0) is 24.4 Å². The molecule has 2 aromatic carbocycles. The largest absolute Gasteiger partial charge is 0.478 e. The van der Waals surface area contributed by atoms with Gasteiger partial charge in [0, 0.05) is 49.0 Å². The fourth-order valence-electron chi connectivity index (χ4n) is 7.07. The number of aromatic nitrogens is 5. The Hall–Kier alpha value is -4.31. The Morgan fingerprint density at radius 3 is 2.43 bits per heavy atom. The quantitative estimate of drug-likeness (QED) is 0.186. The Balaban J connectivity index is 1.24. The molecule has 2 N–H and O–H groups in total. The topological polar surface area (TPSA) is 115 Å². The number of carbonyl (C=O) groups is 2. The van der Waals surface area contributed by atoms with Crippen molar-refractivity contribution in [3.05, 3.63) is 81.9 Å². The number of amides is 1. The van der Waals surface area contributed by atoms with E-state index < -0.39 is 11.5 Å². The van der Waals surface area contributed by atoms with Crippen LogP contribution < -0.4 is 5.32 Å². The van der Waals surface area contributed by atoms with Crippen LogP contribution >= 0.6 is 15.9 Å². The standard InChI is InChI=1S/C34H33BrN6O3/c1-40-26-17-22(10-11-24(26)29(21-6-3-4-7-21)30(40)31-36-18-23(35)19-37-31)32(44)39-34(14-5-15-34)33-38-25-12-8-20(9-13-28(42)43)16-27(25)41(33)2/h8-13,16-19,21H,3-7,14-15H2,1-2H3,(H,39,44)(H,42,43). The van der Waals surface area contributed by atoms with Crippen LogP contribution in [-0.4, -0.2) is 41.1 Å². The molecular weight excluding hydrogens is 620 g/mol. The van der Waals surface area contributed by atoms with E-state index >= 15 is 0 Å². The molecule has 2 aliphatic rings. The van der Waals surface area contributed by atoms with Crippen molar-refractivity contribution in [2.24, 2.45) is 14.1 Å². The third-order valence-electron chi connectivity index (χ3n) is 9.41. The maximum absolute atomic E-state index is 13.9. The molecule has 7 rings (SSSR count). The van der Waals surface area contributed by atoms with E-state index in [1.807, 2.05) is 49.0 Å². The molecule has 224 valence electrons. The van der Waals surface area contributed by atoms with Crippen LogP contribution in [0.3, 0.4) is 0 Å². The van der Waals surface area contributed by atoms with E-state index in [9.17, 15) is 9.59 Å². The summed E-state index contributed by atoms with van der Waals surface area (Å²) < 4.78 is 5.00. The lowest BCUT2D eigenvalue weighted by Gasteiger charge is -2.41. The van der Waals surface area contributed by atoms with Gasteiger partial charge in [-0.3, -0.25) is 4.79 Å². The lowest BCUT2D eigenvalue weighted by Crippen LogP contribution is -2.52. The summed E-state index contributed by atoms with van der Waals surface area (Å²) in [4.78, 5) is 39.1. The Morgan fingerprint density at radius 2 is 1.75 bits per heavy atom. The van der Waals surface area contributed by atoms with Gasteiger partial charge in [0.1, 0.15) is 5.82 Å². The number of imidazole rings is 1. The van der Waals surface area contributed by atoms with Crippen LogP contribution in [0.2, 0.25) is 0 Å². The van der Waals surface area contributed by atoms with E-state index in [0.29, 0.717) is 17.3 Å². The van der Waals surface area contributed by atoms with E-state index in [4.69, 9.17) is 10.1 Å². The summed E-state index contributed by atoms with van der Waals surface area (Å²) in [5, 5.41) is 13.5. The monoisotopic (exact) mass is 652 g/mol. The molecule has 9 nitrogen and oxygen atoms in total. The SMILES string of the molecule is Cn1c(C2(NC(=O)c3ccc4c(C5CCCC5)c(-c5ncc(Br)cn5)n(C)c4c3)CCC2)nc2ccc(C=CC(=O)O)cc21. The average Bonchev–Trinajstić information content (AvgIpc) is 3.71. The van der Waals surface area contributed by atoms with Crippen molar-refractivity contribution in [1.29, 1.82) is 0 Å². The molecule has 2 saturated carbocycles. The van der Waals surface area contributed by atoms with E-state index in [2.05, 4.69) is 41.8 Å². The van der Waals surface area contributed by atoms with Crippen molar-refractivity contribution in [2.75, 3.05) is 0 Å². The van der Waals surface area contributed by atoms with E-state index in [0.717, 1.165) is 81.7 Å². The molecule has 10 heteroatoms. The first-order valence-corrected chi connectivity index (χ1v) is 15.8. The summed E-state index contributed by atoms with van der Waals surface area (Å²) in [5.74, 6) is 0.819. The van der Waals surface area contributed by atoms with Crippen LogP contribution in [0.1, 0.15) is 78.2 Å². The van der Waals surface area contributed by atoms with Gasteiger partial charge in [0.05, 0.1) is 26.7 Å². The first-order chi connectivity index (χ1) is 21.2. The smallest absolute Gasteiger partial charge is 0.328 e. The number of hydrogen-bond acceptors (Lipinski definition) is 5. The second-order valence-electron chi connectivity index (χ2n) is 12.1. The Kier molecular flexibility index (Phi) is 7.11. The van der Waals surface area contributed by atoms with E-state index in [-0.39, 0.29) is 5.91 Å². The van der Waals surface area contributed by atoms with Gasteiger partial charge in [-0.2, -0.15) is 0 Å². The highest BCUT2D eigenvalue weighted by atomic mass is 79.9. The maximum atomic E-state index is 13.9. The Bertz CT molecular complexity index is 1960. The second-order valence-corrected chi connectivity index (χ2v) is 13.0. The number of carboxylic acid groups (broad SMARTS) is 1. The third kappa shape index (κ3) is 4.81. The second kappa shape index (κ2) is 11.0. The molecule has 2 aliphatic carbocycles. The molecule has 2 fully saturated rings. The van der Waals surface area contributed by atoms with Crippen molar-refractivity contribution in [2.45, 2.75) is 56.4 Å². The first-order valence-electron chi connectivity index (χ1n) is 15.0. The van der Waals surface area contributed by atoms with Gasteiger partial charge in [-0.05, 0) is 95.4 Å². The summed E-state index contributed by atoms with van der Waals surface area (Å²) in [6.07, 6.45) is 13.6. The van der Waals surface area contributed by atoms with E-state index in [1.54, 1.807) is 18.5 Å². The highest BCUT2D eigenvalue weighted by Crippen LogP contribution is 2.45. The highest BCUT2D eigenvalue weighted by molar-refractivity contribution is 9.10. The number of fused-ring (bicyclic) bond motifs is 2. The third-order valence-corrected chi connectivity index (χ3v) is 9.82. The van der Waals surface area contributed by atoms with Crippen molar-refractivity contribution in [1.82, 2.24) is 29.4 Å². The average molecular weight is 654 g/mol. The fraction of sp³-hybridized carbons (Fsp3) is 0.324. The molecule has 5 aromatic rings. The molecule has 0 aliphatic heterocycles. The van der Waals surface area contributed by atoms with Gasteiger partial charge >= 0.3 is 5.97 Å². The number of rotatable bonds is 7. The maximum Gasteiger partial charge on any atom is 0.328 e. The minimum absolute atomic E-state index is 0.131. The number of nitrogens with zero attached hydrogens (tertiary/aromatic N) is 5. The number of carboxylic acids is 1. The normalized spacial score (nSPS) is 16.6. The van der Waals surface area contributed by atoms with Gasteiger partial charge < -0.3 is 19.6 Å². The van der Waals surface area contributed by atoms with Crippen LogP contribution in [0.5, 0.6) is 0 Å². The summed E-state index contributed by atoms with van der Waals surface area (Å²) in [5.41, 5.74) is 5.80. The van der Waals surface area contributed by atoms with Gasteiger partial charge in [-0.25, -0.2) is 19.7 Å². The molecule has 0 saturated heterocycles. The van der Waals surface area contributed by atoms with Crippen molar-refractivity contribution in [3.8, 4) is 11.5 Å². The first kappa shape index (κ1) is 28.5. The predicted octanol–water partition coefficient (Wildman–Crippen LogP) is 6.85. The minimum Gasteiger partial charge on any atom is -0.478 e. The van der Waals surface area contributed by atoms with E-state index in [1.165, 1.54) is 18.4 Å². The molecular formula is C34H33BrN6O3. The zero-order valence-electron chi connectivity index (χ0n) is 24.7. The number of nitrogens with one attached hydrogen (secondary N) is 1. The van der Waals surface area contributed by atoms with Crippen LogP contribution in [0.25, 0.3) is 39.5 Å². The molecule has 0 radical (unpaired) electrons. The summed E-state index contributed by atoms with van der Waals surface area (Å²) in [6, 6.07) is 11.7. The fourth-order valence-corrected chi connectivity index (χ4v) is 7.27. The van der Waals surface area contributed by atoms with Crippen molar-refractivity contribution >= 4 is 55.8 Å². The number of aryl methyl sites for hydroxylation is 2. The number of halogens is 1. The zero-order chi connectivity index (χ0) is 30.6. The number of hydrogen-bond donors (Lipinski definition) is 2. The zero-order valence-corrected chi connectivity index (χ0v) is 26.3. The summed E-state index contributed by atoms with van der Waals surface area (Å²) >= 11 is 3.46. The van der Waals surface area contributed by atoms with Crippen molar-refractivity contribution < 1.29 is 14.7 Å². The number of carbonyl (C=O) groups excluding carboxylic acids is 1. The molecule has 0 unspecified atom stereocenters. The molecule has 0 atom stereocenters. The summed E-state index contributed by atoms with van der Waals surface area (Å²) in [7, 11) is 3.99. The van der Waals surface area contributed by atoms with Crippen LogP contribution in [0.4, 0.5) is 0 Å². The number of benzene rings is 2. The Morgan fingerprint density at radius 1 is 1.00 bits per heavy atom. The van der Waals surface area contributed by atoms with Crippen LogP contribution in [0.15, 0.2) is 59.3 Å². The van der Waals surface area contributed by atoms with Gasteiger partial charge in [0.15, 0.2) is 5.82 Å². The molecule has 0 bridgehead atoms. The van der Waals surface area contributed by atoms with Gasteiger partial charge in [-0.1, -0.05) is 25.0 Å². The molecule has 3 aromatic heterocycles.